The fourth-order valence-corrected chi connectivity index (χ4v) is 3.36. The molecule has 0 saturated carbocycles. The van der Waals surface area contributed by atoms with Gasteiger partial charge in [0, 0.05) is 5.02 Å². The summed E-state index contributed by atoms with van der Waals surface area (Å²) < 4.78 is 29.1. The Bertz CT molecular complexity index is 797. The molecule has 0 saturated heterocycles. The number of hydrogen-bond donors (Lipinski definition) is 1. The fourth-order valence-electron chi connectivity index (χ4n) is 1.89. The lowest BCUT2D eigenvalue weighted by Gasteiger charge is -2.07. The number of halogens is 1. The van der Waals surface area contributed by atoms with Crippen LogP contribution in [0.25, 0.3) is 0 Å². The Kier molecular flexibility index (Phi) is 4.73. The molecule has 0 aliphatic carbocycles. The maximum atomic E-state index is 12.3. The van der Waals surface area contributed by atoms with Crippen LogP contribution in [0.2, 0.25) is 5.02 Å². The molecule has 0 unspecified atom stereocenters. The van der Waals surface area contributed by atoms with Crippen molar-refractivity contribution in [2.24, 2.45) is 0 Å². The molecule has 7 heteroatoms. The van der Waals surface area contributed by atoms with E-state index in [4.69, 9.17) is 11.6 Å². The van der Waals surface area contributed by atoms with E-state index in [-0.39, 0.29) is 22.0 Å². The lowest BCUT2D eigenvalue weighted by atomic mass is 10.1. The molecular weight excluding hydrogens is 328 g/mol. The van der Waals surface area contributed by atoms with E-state index in [1.807, 2.05) is 0 Å². The number of aromatic hydroxyl groups is 1. The number of esters is 1. The SMILES string of the molecule is COC(=O)c1ccc(CS(=O)(=O)c2ccc(Cl)cc2)cc1O. The number of benzene rings is 2. The molecule has 0 aliphatic heterocycles. The minimum Gasteiger partial charge on any atom is -0.507 e. The molecule has 0 bridgehead atoms. The number of phenols is 1. The van der Waals surface area contributed by atoms with Gasteiger partial charge in [-0.2, -0.15) is 0 Å². The zero-order valence-corrected chi connectivity index (χ0v) is 13.2. The summed E-state index contributed by atoms with van der Waals surface area (Å²) in [6.07, 6.45) is 0. The van der Waals surface area contributed by atoms with E-state index < -0.39 is 15.8 Å². The summed E-state index contributed by atoms with van der Waals surface area (Å²) in [4.78, 5) is 11.5. The third-order valence-corrected chi connectivity index (χ3v) is 4.95. The number of sulfone groups is 1. The lowest BCUT2D eigenvalue weighted by Crippen LogP contribution is -2.06. The molecule has 0 spiro atoms. The number of ether oxygens (including phenoxy) is 1. The highest BCUT2D eigenvalue weighted by Gasteiger charge is 2.18. The average molecular weight is 341 g/mol. The standard InChI is InChI=1S/C15H13ClO5S/c1-21-15(18)13-7-2-10(8-14(13)17)9-22(19,20)12-5-3-11(16)4-6-12/h2-8,17H,9H2,1H3. The Hall–Kier alpha value is -2.05. The zero-order valence-electron chi connectivity index (χ0n) is 11.6. The van der Waals surface area contributed by atoms with Crippen LogP contribution in [0.3, 0.4) is 0 Å². The number of phenolic OH excluding ortho intramolecular Hbond substituents is 1. The second-order valence-corrected chi connectivity index (χ2v) is 6.98. The summed E-state index contributed by atoms with van der Waals surface area (Å²) >= 11 is 5.73. The van der Waals surface area contributed by atoms with Gasteiger partial charge in [-0.1, -0.05) is 17.7 Å². The number of hydrogen-bond acceptors (Lipinski definition) is 5. The van der Waals surface area contributed by atoms with Crippen LogP contribution >= 0.6 is 11.6 Å². The van der Waals surface area contributed by atoms with E-state index >= 15 is 0 Å². The van der Waals surface area contributed by atoms with Crippen LogP contribution in [0.4, 0.5) is 0 Å². The predicted octanol–water partition coefficient (Wildman–Crippen LogP) is 2.81. The molecule has 116 valence electrons. The van der Waals surface area contributed by atoms with Crippen LogP contribution in [0, 0.1) is 0 Å². The van der Waals surface area contributed by atoms with E-state index in [2.05, 4.69) is 4.74 Å². The first kappa shape index (κ1) is 16.3. The third-order valence-electron chi connectivity index (χ3n) is 3.00. The molecule has 2 aromatic rings. The van der Waals surface area contributed by atoms with Crippen molar-refractivity contribution in [3.05, 3.63) is 58.6 Å². The van der Waals surface area contributed by atoms with Gasteiger partial charge in [-0.25, -0.2) is 13.2 Å². The van der Waals surface area contributed by atoms with Gasteiger partial charge in [0.05, 0.1) is 17.8 Å². The van der Waals surface area contributed by atoms with Gasteiger partial charge < -0.3 is 9.84 Å². The Balaban J connectivity index is 2.28. The maximum Gasteiger partial charge on any atom is 0.341 e. The molecule has 0 amide bonds. The highest BCUT2D eigenvalue weighted by atomic mass is 35.5. The Morgan fingerprint density at radius 3 is 2.36 bits per heavy atom. The van der Waals surface area contributed by atoms with Crippen LogP contribution in [-0.4, -0.2) is 26.6 Å². The molecule has 2 aromatic carbocycles. The monoisotopic (exact) mass is 340 g/mol. The second kappa shape index (κ2) is 6.37. The molecule has 5 nitrogen and oxygen atoms in total. The minimum absolute atomic E-state index is 0.0184. The Morgan fingerprint density at radius 1 is 1.18 bits per heavy atom. The van der Waals surface area contributed by atoms with Gasteiger partial charge in [0.1, 0.15) is 11.3 Å². The minimum atomic E-state index is -3.57. The van der Waals surface area contributed by atoms with Gasteiger partial charge in [0.2, 0.25) is 0 Å². The largest absolute Gasteiger partial charge is 0.507 e. The summed E-state index contributed by atoms with van der Waals surface area (Å²) in [6.45, 7) is 0. The Labute approximate surface area is 133 Å². The van der Waals surface area contributed by atoms with Crippen molar-refractivity contribution in [3.8, 4) is 5.75 Å². The number of rotatable bonds is 4. The lowest BCUT2D eigenvalue weighted by molar-refractivity contribution is 0.0597. The molecule has 22 heavy (non-hydrogen) atoms. The Morgan fingerprint density at radius 2 is 1.82 bits per heavy atom. The van der Waals surface area contributed by atoms with Gasteiger partial charge in [-0.05, 0) is 42.0 Å². The van der Waals surface area contributed by atoms with E-state index in [0.717, 1.165) is 0 Å². The summed E-state index contributed by atoms with van der Waals surface area (Å²) in [5.74, 6) is -1.32. The van der Waals surface area contributed by atoms with Gasteiger partial charge >= 0.3 is 5.97 Å². The zero-order chi connectivity index (χ0) is 16.3. The highest BCUT2D eigenvalue weighted by molar-refractivity contribution is 7.90. The predicted molar refractivity (Wildman–Crippen MR) is 81.8 cm³/mol. The molecule has 1 N–H and O–H groups in total. The first-order valence-corrected chi connectivity index (χ1v) is 8.25. The topological polar surface area (TPSA) is 80.7 Å². The molecule has 2 rings (SSSR count). The summed E-state index contributed by atoms with van der Waals surface area (Å²) in [5.41, 5.74) is 0.343. The number of carbonyl (C=O) groups is 1. The van der Waals surface area contributed by atoms with Crippen molar-refractivity contribution in [2.45, 2.75) is 10.6 Å². The van der Waals surface area contributed by atoms with Crippen LogP contribution in [0.1, 0.15) is 15.9 Å². The highest BCUT2D eigenvalue weighted by Crippen LogP contribution is 2.24. The van der Waals surface area contributed by atoms with Gasteiger partial charge in [0.15, 0.2) is 9.84 Å². The quantitative estimate of drug-likeness (QED) is 0.865. The molecule has 0 aliphatic rings. The normalized spacial score (nSPS) is 11.2. The first-order valence-electron chi connectivity index (χ1n) is 6.22. The molecular formula is C15H13ClO5S. The summed E-state index contributed by atoms with van der Waals surface area (Å²) in [7, 11) is -2.38. The summed E-state index contributed by atoms with van der Waals surface area (Å²) in [6, 6.07) is 9.84. The van der Waals surface area contributed by atoms with Crippen molar-refractivity contribution < 1.29 is 23.1 Å². The van der Waals surface area contributed by atoms with E-state index in [9.17, 15) is 18.3 Å². The number of methoxy groups -OCH3 is 1. The third kappa shape index (κ3) is 3.58. The van der Waals surface area contributed by atoms with Gasteiger partial charge in [-0.3, -0.25) is 0 Å². The molecule has 0 atom stereocenters. The average Bonchev–Trinajstić information content (AvgIpc) is 2.46. The van der Waals surface area contributed by atoms with Crippen molar-refractivity contribution in [2.75, 3.05) is 7.11 Å². The molecule has 0 aromatic heterocycles. The van der Waals surface area contributed by atoms with Crippen LogP contribution < -0.4 is 0 Å². The van der Waals surface area contributed by atoms with Crippen LogP contribution in [0.5, 0.6) is 5.75 Å². The molecule has 0 heterocycles. The van der Waals surface area contributed by atoms with Crippen LogP contribution in [0.15, 0.2) is 47.4 Å². The first-order chi connectivity index (χ1) is 10.3. The van der Waals surface area contributed by atoms with Gasteiger partial charge in [0.25, 0.3) is 0 Å². The van der Waals surface area contributed by atoms with E-state index in [0.29, 0.717) is 10.6 Å². The van der Waals surface area contributed by atoms with Gasteiger partial charge in [-0.15, -0.1) is 0 Å². The van der Waals surface area contributed by atoms with Crippen molar-refractivity contribution >= 4 is 27.4 Å². The van der Waals surface area contributed by atoms with Crippen molar-refractivity contribution in [1.82, 2.24) is 0 Å². The smallest absolute Gasteiger partial charge is 0.341 e. The fraction of sp³-hybridized carbons (Fsp3) is 0.133. The van der Waals surface area contributed by atoms with Crippen molar-refractivity contribution in [1.29, 1.82) is 0 Å². The summed E-state index contributed by atoms with van der Waals surface area (Å²) in [5, 5.41) is 10.2. The number of carbonyl (C=O) groups excluding carboxylic acids is 1. The van der Waals surface area contributed by atoms with E-state index in [1.54, 1.807) is 0 Å². The van der Waals surface area contributed by atoms with Crippen LogP contribution in [-0.2, 0) is 20.3 Å². The van der Waals surface area contributed by atoms with E-state index in [1.165, 1.54) is 49.6 Å². The molecule has 0 fully saturated rings. The second-order valence-electron chi connectivity index (χ2n) is 4.56. The maximum absolute atomic E-state index is 12.3. The van der Waals surface area contributed by atoms with Crippen molar-refractivity contribution in [3.63, 3.8) is 0 Å². The molecule has 0 radical (unpaired) electrons.